The van der Waals surface area contributed by atoms with E-state index in [-0.39, 0.29) is 11.7 Å². The van der Waals surface area contributed by atoms with Crippen LogP contribution in [0.25, 0.3) is 0 Å². The van der Waals surface area contributed by atoms with Gasteiger partial charge in [0.2, 0.25) is 5.91 Å². The number of nitrogens with one attached hydrogen (secondary N) is 1. The van der Waals surface area contributed by atoms with E-state index in [9.17, 15) is 14.3 Å². The van der Waals surface area contributed by atoms with Crippen LogP contribution in [0.4, 0.5) is 4.39 Å². The third-order valence-corrected chi connectivity index (χ3v) is 4.88. The lowest BCUT2D eigenvalue weighted by Crippen LogP contribution is -2.54. The Kier molecular flexibility index (Phi) is 3.28. The third kappa shape index (κ3) is 2.22. The van der Waals surface area contributed by atoms with E-state index in [0.717, 1.165) is 44.1 Å². The molecule has 0 saturated heterocycles. The minimum absolute atomic E-state index is 0.0744. The van der Waals surface area contributed by atoms with Crippen LogP contribution in [-0.4, -0.2) is 23.2 Å². The Morgan fingerprint density at radius 1 is 1.25 bits per heavy atom. The summed E-state index contributed by atoms with van der Waals surface area (Å²) in [6, 6.07) is 6.32. The second-order valence-electron chi connectivity index (χ2n) is 6.21. The van der Waals surface area contributed by atoms with Crippen molar-refractivity contribution in [3.63, 3.8) is 0 Å². The maximum Gasteiger partial charge on any atom is 0.230 e. The van der Waals surface area contributed by atoms with E-state index in [0.29, 0.717) is 6.54 Å². The van der Waals surface area contributed by atoms with Crippen LogP contribution in [-0.2, 0) is 10.2 Å². The van der Waals surface area contributed by atoms with Crippen LogP contribution in [0.3, 0.4) is 0 Å². The van der Waals surface area contributed by atoms with E-state index in [1.807, 2.05) is 6.07 Å². The van der Waals surface area contributed by atoms with Crippen molar-refractivity contribution in [3.8, 4) is 0 Å². The second-order valence-corrected chi connectivity index (χ2v) is 6.21. The number of carbonyl (C=O) groups excluding carboxylic acids is 1. The average Bonchev–Trinajstić information content (AvgIpc) is 2.33. The quantitative estimate of drug-likeness (QED) is 0.887. The van der Waals surface area contributed by atoms with Crippen molar-refractivity contribution in [2.45, 2.75) is 49.5 Å². The van der Waals surface area contributed by atoms with Crippen LogP contribution >= 0.6 is 0 Å². The van der Waals surface area contributed by atoms with Crippen molar-refractivity contribution < 1.29 is 14.3 Å². The number of hydrogen-bond acceptors (Lipinski definition) is 2. The molecule has 0 unspecified atom stereocenters. The molecule has 2 aliphatic rings. The van der Waals surface area contributed by atoms with Gasteiger partial charge in [-0.2, -0.15) is 0 Å². The van der Waals surface area contributed by atoms with Gasteiger partial charge < -0.3 is 10.4 Å². The Bertz CT molecular complexity index is 521. The van der Waals surface area contributed by atoms with Gasteiger partial charge in [0.15, 0.2) is 0 Å². The smallest absolute Gasteiger partial charge is 0.230 e. The minimum atomic E-state index is -0.720. The van der Waals surface area contributed by atoms with E-state index in [1.165, 1.54) is 12.1 Å². The summed E-state index contributed by atoms with van der Waals surface area (Å²) in [5, 5.41) is 12.9. The standard InChI is InChI=1S/C16H20FNO2/c17-13-5-1-4-12(10-13)16(8-3-9-16)14(19)18-11-15(20)6-2-7-15/h1,4-5,10,20H,2-3,6-9,11H2,(H,18,19). The molecule has 1 aromatic carbocycles. The number of amides is 1. The number of benzene rings is 1. The molecule has 3 rings (SSSR count). The van der Waals surface area contributed by atoms with Gasteiger partial charge in [0.25, 0.3) is 0 Å². The van der Waals surface area contributed by atoms with E-state index < -0.39 is 11.0 Å². The van der Waals surface area contributed by atoms with Crippen molar-refractivity contribution in [3.05, 3.63) is 35.6 Å². The Morgan fingerprint density at radius 2 is 1.95 bits per heavy atom. The Labute approximate surface area is 118 Å². The molecule has 0 atom stereocenters. The molecular weight excluding hydrogens is 257 g/mol. The molecule has 2 N–H and O–H groups in total. The highest BCUT2D eigenvalue weighted by Gasteiger charge is 2.46. The van der Waals surface area contributed by atoms with Gasteiger partial charge in [-0.05, 0) is 49.8 Å². The molecule has 0 bridgehead atoms. The summed E-state index contributed by atoms with van der Waals surface area (Å²) < 4.78 is 13.4. The van der Waals surface area contributed by atoms with Crippen LogP contribution in [0.1, 0.15) is 44.1 Å². The van der Waals surface area contributed by atoms with Gasteiger partial charge in [0, 0.05) is 6.54 Å². The van der Waals surface area contributed by atoms with Gasteiger partial charge >= 0.3 is 0 Å². The first-order chi connectivity index (χ1) is 9.54. The van der Waals surface area contributed by atoms with E-state index in [1.54, 1.807) is 6.07 Å². The summed E-state index contributed by atoms with van der Waals surface area (Å²) in [4.78, 5) is 12.5. The van der Waals surface area contributed by atoms with E-state index in [4.69, 9.17) is 0 Å². The predicted octanol–water partition coefficient (Wildman–Crippen LogP) is 2.28. The average molecular weight is 277 g/mol. The van der Waals surface area contributed by atoms with Crippen LogP contribution < -0.4 is 5.32 Å². The molecule has 108 valence electrons. The third-order valence-electron chi connectivity index (χ3n) is 4.88. The first-order valence-corrected chi connectivity index (χ1v) is 7.31. The molecule has 0 aromatic heterocycles. The molecule has 0 radical (unpaired) electrons. The monoisotopic (exact) mass is 277 g/mol. The maximum absolute atomic E-state index is 13.4. The fourth-order valence-corrected chi connectivity index (χ4v) is 3.14. The normalized spacial score (nSPS) is 22.5. The SMILES string of the molecule is O=C(NCC1(O)CCC1)C1(c2cccc(F)c2)CCC1. The molecule has 4 heteroatoms. The number of halogens is 1. The van der Waals surface area contributed by atoms with Crippen molar-refractivity contribution in [1.82, 2.24) is 5.32 Å². The van der Waals surface area contributed by atoms with Crippen LogP contribution in [0.15, 0.2) is 24.3 Å². The van der Waals surface area contributed by atoms with Gasteiger partial charge in [0.05, 0.1) is 11.0 Å². The van der Waals surface area contributed by atoms with Crippen LogP contribution in [0.2, 0.25) is 0 Å². The molecule has 2 fully saturated rings. The summed E-state index contributed by atoms with van der Waals surface area (Å²) in [7, 11) is 0. The molecule has 0 spiro atoms. The van der Waals surface area contributed by atoms with Crippen LogP contribution in [0, 0.1) is 5.82 Å². The largest absolute Gasteiger partial charge is 0.388 e. The van der Waals surface area contributed by atoms with E-state index in [2.05, 4.69) is 5.32 Å². The molecular formula is C16H20FNO2. The van der Waals surface area contributed by atoms with Crippen LogP contribution in [0.5, 0.6) is 0 Å². The molecule has 3 nitrogen and oxygen atoms in total. The lowest BCUT2D eigenvalue weighted by molar-refractivity contribution is -0.132. The summed E-state index contributed by atoms with van der Waals surface area (Å²) >= 11 is 0. The molecule has 2 aliphatic carbocycles. The summed E-state index contributed by atoms with van der Waals surface area (Å²) in [6.45, 7) is 0.308. The first-order valence-electron chi connectivity index (χ1n) is 7.31. The number of rotatable bonds is 4. The molecule has 0 heterocycles. The van der Waals surface area contributed by atoms with Gasteiger partial charge in [-0.3, -0.25) is 4.79 Å². The van der Waals surface area contributed by atoms with Crippen molar-refractivity contribution in [1.29, 1.82) is 0 Å². The maximum atomic E-state index is 13.4. The van der Waals surface area contributed by atoms with Gasteiger partial charge in [-0.1, -0.05) is 18.6 Å². The summed E-state index contributed by atoms with van der Waals surface area (Å²) in [5.74, 6) is -0.381. The zero-order chi connectivity index (χ0) is 14.2. The lowest BCUT2D eigenvalue weighted by Gasteiger charge is -2.43. The first kappa shape index (κ1) is 13.6. The topological polar surface area (TPSA) is 49.3 Å². The fourth-order valence-electron chi connectivity index (χ4n) is 3.14. The van der Waals surface area contributed by atoms with Gasteiger partial charge in [0.1, 0.15) is 5.82 Å². The Morgan fingerprint density at radius 3 is 2.45 bits per heavy atom. The Hall–Kier alpha value is -1.42. The number of carbonyl (C=O) groups is 1. The zero-order valence-corrected chi connectivity index (χ0v) is 11.5. The molecule has 2 saturated carbocycles. The summed E-state index contributed by atoms with van der Waals surface area (Å²) in [5.41, 5.74) is -0.563. The zero-order valence-electron chi connectivity index (χ0n) is 11.5. The van der Waals surface area contributed by atoms with E-state index >= 15 is 0 Å². The van der Waals surface area contributed by atoms with Crippen molar-refractivity contribution in [2.24, 2.45) is 0 Å². The van der Waals surface area contributed by atoms with Crippen molar-refractivity contribution >= 4 is 5.91 Å². The predicted molar refractivity (Wildman–Crippen MR) is 73.7 cm³/mol. The summed E-state index contributed by atoms with van der Waals surface area (Å²) in [6.07, 6.45) is 5.00. The fraction of sp³-hybridized carbons (Fsp3) is 0.562. The van der Waals surface area contributed by atoms with Gasteiger partial charge in [-0.25, -0.2) is 4.39 Å². The molecule has 1 amide bonds. The number of hydrogen-bond donors (Lipinski definition) is 2. The second kappa shape index (κ2) is 4.85. The Balaban J connectivity index is 1.73. The van der Waals surface area contributed by atoms with Gasteiger partial charge in [-0.15, -0.1) is 0 Å². The highest BCUT2D eigenvalue weighted by molar-refractivity contribution is 5.89. The highest BCUT2D eigenvalue weighted by atomic mass is 19.1. The molecule has 0 aliphatic heterocycles. The molecule has 1 aromatic rings. The number of aliphatic hydroxyl groups is 1. The molecule has 20 heavy (non-hydrogen) atoms. The lowest BCUT2D eigenvalue weighted by atomic mass is 9.63. The highest BCUT2D eigenvalue weighted by Crippen LogP contribution is 2.44. The minimum Gasteiger partial charge on any atom is -0.388 e. The van der Waals surface area contributed by atoms with Crippen molar-refractivity contribution in [2.75, 3.05) is 6.54 Å².